The van der Waals surface area contributed by atoms with Crippen LogP contribution < -0.4 is 10.2 Å². The van der Waals surface area contributed by atoms with E-state index in [-0.39, 0.29) is 30.7 Å². The van der Waals surface area contributed by atoms with Crippen LogP contribution in [0.4, 0.5) is 10.1 Å². The zero-order valence-electron chi connectivity index (χ0n) is 15.5. The Morgan fingerprint density at radius 2 is 1.85 bits per heavy atom. The van der Waals surface area contributed by atoms with Crippen LogP contribution in [0.5, 0.6) is 0 Å². The molecule has 0 aromatic heterocycles. The van der Waals surface area contributed by atoms with Gasteiger partial charge in [0.15, 0.2) is 13.1 Å². The normalized spacial score (nSPS) is 11.7. The highest BCUT2D eigenvalue weighted by Crippen LogP contribution is 2.13. The largest absolute Gasteiger partial charge is 0.334 e. The van der Waals surface area contributed by atoms with E-state index in [2.05, 4.69) is 5.32 Å². The zero-order chi connectivity index (χ0) is 19.8. The summed E-state index contributed by atoms with van der Waals surface area (Å²) in [5.74, 6) is -0.591. The number of hydrogen-bond donors (Lipinski definition) is 2. The number of quaternary nitrogens is 1. The van der Waals surface area contributed by atoms with Gasteiger partial charge in [-0.05, 0) is 48.9 Å². The predicted octanol–water partition coefficient (Wildman–Crippen LogP) is 1.98. The average molecular weight is 393 g/mol. The number of amides is 2. The van der Waals surface area contributed by atoms with E-state index < -0.39 is 0 Å². The SMILES string of the molecule is CCN(Cc1cccc(F)c1)C(=O)C[NH+](C)CC(=O)Nc1ccc(Cl)cc1. The number of carbonyl (C=O) groups is 2. The van der Waals surface area contributed by atoms with Gasteiger partial charge in [0.05, 0.1) is 7.05 Å². The van der Waals surface area contributed by atoms with E-state index >= 15 is 0 Å². The van der Waals surface area contributed by atoms with Gasteiger partial charge < -0.3 is 15.1 Å². The molecule has 0 fully saturated rings. The Hall–Kier alpha value is -2.44. The Bertz CT molecular complexity index is 783. The highest BCUT2D eigenvalue weighted by Gasteiger charge is 2.19. The summed E-state index contributed by atoms with van der Waals surface area (Å²) in [7, 11) is 1.79. The van der Waals surface area contributed by atoms with Crippen LogP contribution in [0.3, 0.4) is 0 Å². The van der Waals surface area contributed by atoms with Crippen LogP contribution in [0.15, 0.2) is 48.5 Å². The molecule has 2 aromatic carbocycles. The van der Waals surface area contributed by atoms with Crippen molar-refractivity contribution < 1.29 is 18.9 Å². The first kappa shape index (κ1) is 20.9. The Kier molecular flexibility index (Phi) is 7.76. The van der Waals surface area contributed by atoms with Gasteiger partial charge in [-0.3, -0.25) is 9.59 Å². The molecule has 0 radical (unpaired) electrons. The molecule has 0 saturated heterocycles. The van der Waals surface area contributed by atoms with Crippen molar-refractivity contribution in [3.05, 3.63) is 64.9 Å². The summed E-state index contributed by atoms with van der Waals surface area (Å²) in [6.45, 7) is 3.07. The number of likely N-dealkylation sites (N-methyl/N-ethyl adjacent to an activating group) is 2. The summed E-state index contributed by atoms with van der Waals surface area (Å²) in [4.78, 5) is 27.1. The molecule has 144 valence electrons. The van der Waals surface area contributed by atoms with Gasteiger partial charge in [-0.15, -0.1) is 0 Å². The zero-order valence-corrected chi connectivity index (χ0v) is 16.2. The summed E-state index contributed by atoms with van der Waals surface area (Å²) >= 11 is 5.82. The fourth-order valence-electron chi connectivity index (χ4n) is 2.68. The van der Waals surface area contributed by atoms with Gasteiger partial charge in [-0.2, -0.15) is 0 Å². The van der Waals surface area contributed by atoms with Crippen LogP contribution in [0.25, 0.3) is 0 Å². The van der Waals surface area contributed by atoms with Crippen molar-refractivity contribution in [3.8, 4) is 0 Å². The monoisotopic (exact) mass is 392 g/mol. The summed E-state index contributed by atoms with van der Waals surface area (Å²) in [5, 5.41) is 3.37. The Balaban J connectivity index is 1.85. The minimum Gasteiger partial charge on any atom is -0.334 e. The summed E-state index contributed by atoms with van der Waals surface area (Å²) in [6.07, 6.45) is 0. The highest BCUT2D eigenvalue weighted by atomic mass is 35.5. The topological polar surface area (TPSA) is 53.9 Å². The highest BCUT2D eigenvalue weighted by molar-refractivity contribution is 6.30. The average Bonchev–Trinajstić information content (AvgIpc) is 2.61. The van der Waals surface area contributed by atoms with E-state index in [4.69, 9.17) is 11.6 Å². The molecule has 0 aliphatic heterocycles. The molecule has 0 aliphatic carbocycles. The predicted molar refractivity (Wildman–Crippen MR) is 104 cm³/mol. The molecular weight excluding hydrogens is 369 g/mol. The third-order valence-corrected chi connectivity index (χ3v) is 4.29. The first-order valence-electron chi connectivity index (χ1n) is 8.76. The van der Waals surface area contributed by atoms with Gasteiger partial charge in [0.2, 0.25) is 0 Å². The molecule has 0 bridgehead atoms. The van der Waals surface area contributed by atoms with E-state index in [0.717, 1.165) is 10.5 Å². The maximum atomic E-state index is 13.3. The quantitative estimate of drug-likeness (QED) is 0.721. The van der Waals surface area contributed by atoms with Gasteiger partial charge in [0.1, 0.15) is 5.82 Å². The van der Waals surface area contributed by atoms with Crippen LogP contribution in [0, 0.1) is 5.82 Å². The number of nitrogens with zero attached hydrogens (tertiary/aromatic N) is 1. The van der Waals surface area contributed by atoms with Gasteiger partial charge in [0, 0.05) is 23.8 Å². The molecule has 27 heavy (non-hydrogen) atoms. The minimum atomic E-state index is -0.322. The smallest absolute Gasteiger partial charge is 0.279 e. The minimum absolute atomic E-state index is 0.0847. The van der Waals surface area contributed by atoms with Crippen molar-refractivity contribution in [2.75, 3.05) is 32.0 Å². The lowest BCUT2D eigenvalue weighted by Crippen LogP contribution is -3.11. The third kappa shape index (κ3) is 7.00. The number of halogens is 2. The van der Waals surface area contributed by atoms with Gasteiger partial charge in [0.25, 0.3) is 11.8 Å². The fourth-order valence-corrected chi connectivity index (χ4v) is 2.80. The van der Waals surface area contributed by atoms with Crippen molar-refractivity contribution in [2.45, 2.75) is 13.5 Å². The molecule has 0 heterocycles. The van der Waals surface area contributed by atoms with Gasteiger partial charge >= 0.3 is 0 Å². The second-order valence-corrected chi connectivity index (χ2v) is 6.84. The Morgan fingerprint density at radius 1 is 1.15 bits per heavy atom. The summed E-state index contributed by atoms with van der Waals surface area (Å²) in [6, 6.07) is 13.0. The van der Waals surface area contributed by atoms with Gasteiger partial charge in [-0.1, -0.05) is 23.7 Å². The first-order valence-corrected chi connectivity index (χ1v) is 9.14. The summed E-state index contributed by atoms with van der Waals surface area (Å²) in [5.41, 5.74) is 1.40. The Morgan fingerprint density at radius 3 is 2.48 bits per heavy atom. The van der Waals surface area contributed by atoms with E-state index in [9.17, 15) is 14.0 Å². The molecule has 0 saturated carbocycles. The number of anilines is 1. The van der Waals surface area contributed by atoms with Crippen molar-refractivity contribution in [1.82, 2.24) is 4.90 Å². The van der Waals surface area contributed by atoms with Gasteiger partial charge in [-0.25, -0.2) is 4.39 Å². The first-order chi connectivity index (χ1) is 12.9. The van der Waals surface area contributed by atoms with Crippen LogP contribution in [0.2, 0.25) is 5.02 Å². The van der Waals surface area contributed by atoms with Crippen LogP contribution in [-0.2, 0) is 16.1 Å². The summed E-state index contributed by atoms with van der Waals surface area (Å²) < 4.78 is 13.3. The number of carbonyl (C=O) groups excluding carboxylic acids is 2. The number of benzene rings is 2. The molecule has 0 aliphatic rings. The fraction of sp³-hybridized carbons (Fsp3) is 0.300. The molecule has 5 nitrogen and oxygen atoms in total. The standard InChI is InChI=1S/C20H23ClFN3O2/c1-3-25(12-15-5-4-6-17(22)11-15)20(27)14-24(2)13-19(26)23-18-9-7-16(21)8-10-18/h4-11H,3,12-14H2,1-2H3,(H,23,26)/p+1. The molecule has 0 spiro atoms. The van der Waals surface area contributed by atoms with Crippen LogP contribution >= 0.6 is 11.6 Å². The van der Waals surface area contributed by atoms with Crippen LogP contribution in [-0.4, -0.2) is 43.4 Å². The van der Waals surface area contributed by atoms with E-state index in [1.807, 2.05) is 6.92 Å². The molecule has 1 atom stereocenters. The Labute approximate surface area is 163 Å². The second kappa shape index (κ2) is 10.0. The van der Waals surface area contributed by atoms with E-state index in [1.54, 1.807) is 48.3 Å². The maximum Gasteiger partial charge on any atom is 0.279 e. The van der Waals surface area contributed by atoms with E-state index in [0.29, 0.717) is 23.8 Å². The molecular formula is C20H24ClFN3O2+. The lowest BCUT2D eigenvalue weighted by molar-refractivity contribution is -0.862. The molecule has 1 unspecified atom stereocenters. The second-order valence-electron chi connectivity index (χ2n) is 6.40. The van der Waals surface area contributed by atoms with Crippen molar-refractivity contribution >= 4 is 29.1 Å². The molecule has 2 amide bonds. The number of hydrogen-bond acceptors (Lipinski definition) is 2. The lowest BCUT2D eigenvalue weighted by Gasteiger charge is -2.22. The number of rotatable bonds is 8. The lowest BCUT2D eigenvalue weighted by atomic mass is 10.2. The van der Waals surface area contributed by atoms with Crippen LogP contribution in [0.1, 0.15) is 12.5 Å². The van der Waals surface area contributed by atoms with Crippen molar-refractivity contribution in [1.29, 1.82) is 0 Å². The maximum absolute atomic E-state index is 13.3. The van der Waals surface area contributed by atoms with E-state index in [1.165, 1.54) is 12.1 Å². The van der Waals surface area contributed by atoms with Crippen molar-refractivity contribution in [3.63, 3.8) is 0 Å². The molecule has 2 rings (SSSR count). The molecule has 2 N–H and O–H groups in total. The molecule has 7 heteroatoms. The van der Waals surface area contributed by atoms with Crippen molar-refractivity contribution in [2.24, 2.45) is 0 Å². The molecule has 2 aromatic rings. The third-order valence-electron chi connectivity index (χ3n) is 4.04. The number of nitrogens with one attached hydrogen (secondary N) is 2.